The largest absolute Gasteiger partial charge is 0.343 e. The second-order valence-corrected chi connectivity index (χ2v) is 8.27. The van der Waals surface area contributed by atoms with Crippen LogP contribution in [0.4, 0.5) is 20.3 Å². The van der Waals surface area contributed by atoms with E-state index in [1.807, 2.05) is 0 Å². The first-order chi connectivity index (χ1) is 15.6. The van der Waals surface area contributed by atoms with E-state index in [-0.39, 0.29) is 23.9 Å². The average Bonchev–Trinajstić information content (AvgIpc) is 3.18. The predicted molar refractivity (Wildman–Crippen MR) is 119 cm³/mol. The molecular weight excluding hydrogens is 432 g/mol. The molecule has 0 fully saturated rings. The number of benzene rings is 1. The topological polar surface area (TPSA) is 103 Å². The summed E-state index contributed by atoms with van der Waals surface area (Å²) in [5, 5.41) is 7.93. The van der Waals surface area contributed by atoms with Crippen molar-refractivity contribution in [2.24, 2.45) is 5.92 Å². The summed E-state index contributed by atoms with van der Waals surface area (Å²) in [6, 6.07) is 3.64. The van der Waals surface area contributed by atoms with E-state index in [2.05, 4.69) is 20.9 Å². The number of carbonyl (C=O) groups is 3. The lowest BCUT2D eigenvalue weighted by molar-refractivity contribution is -0.130. The van der Waals surface area contributed by atoms with E-state index in [9.17, 15) is 23.2 Å². The minimum Gasteiger partial charge on any atom is -0.343 e. The van der Waals surface area contributed by atoms with Gasteiger partial charge in [0.2, 0.25) is 11.8 Å². The lowest BCUT2D eigenvalue weighted by Gasteiger charge is -2.31. The molecule has 3 N–H and O–H groups in total. The Morgan fingerprint density at radius 3 is 2.55 bits per heavy atom. The van der Waals surface area contributed by atoms with E-state index < -0.39 is 41.6 Å². The molecule has 1 aromatic heterocycles. The van der Waals surface area contributed by atoms with Gasteiger partial charge in [-0.25, -0.2) is 13.8 Å². The number of halogens is 2. The number of hydrogen-bond acceptors (Lipinski definition) is 5. The fourth-order valence-electron chi connectivity index (χ4n) is 3.60. The van der Waals surface area contributed by atoms with E-state index in [1.54, 1.807) is 40.0 Å². The molecule has 0 saturated carbocycles. The third kappa shape index (κ3) is 5.16. The van der Waals surface area contributed by atoms with Crippen molar-refractivity contribution in [1.82, 2.24) is 15.6 Å². The third-order valence-corrected chi connectivity index (χ3v) is 5.60. The molecule has 0 bridgehead atoms. The Bertz CT molecular complexity index is 1060. The van der Waals surface area contributed by atoms with Gasteiger partial charge in [0.15, 0.2) is 0 Å². The van der Waals surface area contributed by atoms with Crippen molar-refractivity contribution < 1.29 is 23.2 Å². The zero-order valence-corrected chi connectivity index (χ0v) is 18.9. The van der Waals surface area contributed by atoms with E-state index in [1.165, 1.54) is 11.1 Å². The van der Waals surface area contributed by atoms with Gasteiger partial charge < -0.3 is 16.0 Å². The Kier molecular flexibility index (Phi) is 7.37. The van der Waals surface area contributed by atoms with Gasteiger partial charge in [-0.1, -0.05) is 19.9 Å². The maximum atomic E-state index is 14.1. The molecule has 8 nitrogen and oxygen atoms in total. The Labute approximate surface area is 190 Å². The lowest BCUT2D eigenvalue weighted by Crippen LogP contribution is -2.57. The van der Waals surface area contributed by atoms with Crippen LogP contribution in [-0.4, -0.2) is 47.9 Å². The molecule has 0 aliphatic carbocycles. The molecule has 176 valence electrons. The van der Waals surface area contributed by atoms with E-state index in [0.29, 0.717) is 11.4 Å². The van der Waals surface area contributed by atoms with Crippen LogP contribution in [-0.2, 0) is 20.8 Å². The first-order valence-electron chi connectivity index (χ1n) is 10.6. The van der Waals surface area contributed by atoms with Gasteiger partial charge in [0.05, 0.1) is 11.7 Å². The molecule has 1 aliphatic rings. The molecule has 3 amide bonds. The lowest BCUT2D eigenvalue weighted by atomic mass is 10.0. The van der Waals surface area contributed by atoms with Crippen LogP contribution in [0.25, 0.3) is 0 Å². The van der Waals surface area contributed by atoms with Gasteiger partial charge >= 0.3 is 0 Å². The molecule has 0 radical (unpaired) electrons. The zero-order valence-electron chi connectivity index (χ0n) is 18.9. The van der Waals surface area contributed by atoms with Crippen LogP contribution in [0.2, 0.25) is 0 Å². The molecule has 1 aliphatic heterocycles. The van der Waals surface area contributed by atoms with E-state index >= 15 is 0 Å². The fraction of sp³-hybridized carbons (Fsp3) is 0.391. The van der Waals surface area contributed by atoms with Crippen LogP contribution in [0.15, 0.2) is 36.5 Å². The maximum Gasteiger partial charge on any atom is 0.251 e. The number of carbonyl (C=O) groups excluding carboxylic acids is 3. The van der Waals surface area contributed by atoms with E-state index in [4.69, 9.17) is 0 Å². The molecule has 1 aromatic carbocycles. The molecule has 33 heavy (non-hydrogen) atoms. The highest BCUT2D eigenvalue weighted by molar-refractivity contribution is 6.09. The second-order valence-electron chi connectivity index (χ2n) is 8.27. The number of fused-ring (bicyclic) bond motifs is 1. The number of rotatable bonds is 7. The normalized spacial score (nSPS) is 16.8. The second kappa shape index (κ2) is 10.0. The summed E-state index contributed by atoms with van der Waals surface area (Å²) in [5.74, 6) is -3.08. The first-order valence-corrected chi connectivity index (χ1v) is 10.6. The van der Waals surface area contributed by atoms with E-state index in [0.717, 1.165) is 18.2 Å². The third-order valence-electron chi connectivity index (χ3n) is 5.60. The minimum absolute atomic E-state index is 0.142. The Balaban J connectivity index is 1.92. The van der Waals surface area contributed by atoms with Crippen molar-refractivity contribution in [3.05, 3.63) is 53.7 Å². The number of anilines is 2. The number of nitrogens with one attached hydrogen (secondary N) is 3. The number of nitrogens with zero attached hydrogens (tertiary/aromatic N) is 2. The summed E-state index contributed by atoms with van der Waals surface area (Å²) >= 11 is 0. The fourth-order valence-corrected chi connectivity index (χ4v) is 3.60. The number of hydrogen-bond donors (Lipinski definition) is 3. The summed E-state index contributed by atoms with van der Waals surface area (Å²) in [7, 11) is 1.63. The molecule has 2 heterocycles. The predicted octanol–water partition coefficient (Wildman–Crippen LogP) is 2.00. The van der Waals surface area contributed by atoms with Gasteiger partial charge in [-0.15, -0.1) is 0 Å². The van der Waals surface area contributed by atoms with Crippen molar-refractivity contribution >= 4 is 29.2 Å². The highest BCUT2D eigenvalue weighted by atomic mass is 19.1. The van der Waals surface area contributed by atoms with Crippen LogP contribution < -0.4 is 20.9 Å². The molecule has 0 spiro atoms. The van der Waals surface area contributed by atoms with Gasteiger partial charge in [-0.05, 0) is 43.7 Å². The number of aromatic nitrogens is 1. The molecular formula is C23H27F2N5O3. The standard InChI is InChI=1S/C23H27F2N5O3/c1-12(2)19(29-21(31)13(3)26-4)23(33)30-18(10-14-6-5-9-27-20(14)30)22(32)28-17-11-15(24)7-8-16(17)25/h5-9,11-13,18-19,26H,10H2,1-4H3,(H,28,32)(H,29,31)/t13-,18?,19?/m0/s1. The van der Waals surface area contributed by atoms with Crippen LogP contribution in [0.5, 0.6) is 0 Å². The Hall–Kier alpha value is -3.40. The monoisotopic (exact) mass is 459 g/mol. The van der Waals surface area contributed by atoms with Gasteiger partial charge in [-0.2, -0.15) is 0 Å². The van der Waals surface area contributed by atoms with Crippen LogP contribution in [0, 0.1) is 17.6 Å². The first kappa shape index (κ1) is 24.2. The van der Waals surface area contributed by atoms with Crippen molar-refractivity contribution in [3.63, 3.8) is 0 Å². The maximum absolute atomic E-state index is 14.1. The number of pyridine rings is 1. The molecule has 2 unspecified atom stereocenters. The highest BCUT2D eigenvalue weighted by Crippen LogP contribution is 2.32. The van der Waals surface area contributed by atoms with Gasteiger partial charge in [-0.3, -0.25) is 19.3 Å². The van der Waals surface area contributed by atoms with Crippen molar-refractivity contribution in [2.75, 3.05) is 17.3 Å². The highest BCUT2D eigenvalue weighted by Gasteiger charge is 2.43. The molecule has 3 rings (SSSR count). The van der Waals surface area contributed by atoms with Crippen LogP contribution in [0.1, 0.15) is 26.3 Å². The minimum atomic E-state index is -1.05. The SMILES string of the molecule is CN[C@@H](C)C(=O)NC(C(=O)N1c2ncccc2CC1C(=O)Nc1cc(F)ccc1F)C(C)C. The molecule has 0 saturated heterocycles. The van der Waals surface area contributed by atoms with Gasteiger partial charge in [0.25, 0.3) is 5.91 Å². The average molecular weight is 459 g/mol. The van der Waals surface area contributed by atoms with Gasteiger partial charge in [0.1, 0.15) is 29.5 Å². The molecule has 10 heteroatoms. The van der Waals surface area contributed by atoms with Gasteiger partial charge in [0, 0.05) is 18.7 Å². The summed E-state index contributed by atoms with van der Waals surface area (Å²) in [6.07, 6.45) is 1.64. The number of likely N-dealkylation sites (N-methyl/N-ethyl adjacent to an activating group) is 1. The Morgan fingerprint density at radius 1 is 1.15 bits per heavy atom. The van der Waals surface area contributed by atoms with Crippen LogP contribution >= 0.6 is 0 Å². The van der Waals surface area contributed by atoms with Crippen molar-refractivity contribution in [3.8, 4) is 0 Å². The molecule has 3 atom stereocenters. The Morgan fingerprint density at radius 2 is 1.88 bits per heavy atom. The summed E-state index contributed by atoms with van der Waals surface area (Å²) in [6.45, 7) is 5.21. The smallest absolute Gasteiger partial charge is 0.251 e. The van der Waals surface area contributed by atoms with Crippen LogP contribution in [0.3, 0.4) is 0 Å². The summed E-state index contributed by atoms with van der Waals surface area (Å²) < 4.78 is 27.7. The van der Waals surface area contributed by atoms with Crippen molar-refractivity contribution in [1.29, 1.82) is 0 Å². The quantitative estimate of drug-likeness (QED) is 0.588. The summed E-state index contributed by atoms with van der Waals surface area (Å²) in [5.41, 5.74) is 0.330. The zero-order chi connectivity index (χ0) is 24.3. The van der Waals surface area contributed by atoms with Crippen molar-refractivity contribution in [2.45, 2.75) is 45.3 Å². The summed E-state index contributed by atoms with van der Waals surface area (Å²) in [4.78, 5) is 44.7. The number of amides is 3. The molecule has 2 aromatic rings.